The lowest BCUT2D eigenvalue weighted by atomic mass is 10.1. The summed E-state index contributed by atoms with van der Waals surface area (Å²) in [6.45, 7) is 2.64. The summed E-state index contributed by atoms with van der Waals surface area (Å²) < 4.78 is 0. The van der Waals surface area contributed by atoms with Crippen LogP contribution in [0.3, 0.4) is 0 Å². The fourth-order valence-electron chi connectivity index (χ4n) is 2.39. The Kier molecular flexibility index (Phi) is 4.68. The van der Waals surface area contributed by atoms with E-state index in [2.05, 4.69) is 39.7 Å². The standard InChI is InChI=1S/C18H20N4O/c1-2-13-7-9-14(10-8-13)20-18-21-16-6-4-3-5-15(16)17(22-18)19-11-12-23/h3-10,23H,2,11-12H2,1H3,(H2,19,20,21,22). The lowest BCUT2D eigenvalue weighted by molar-refractivity contribution is 0.311. The number of aliphatic hydroxyl groups excluding tert-OH is 1. The zero-order valence-corrected chi connectivity index (χ0v) is 13.1. The number of benzene rings is 2. The Morgan fingerprint density at radius 3 is 2.52 bits per heavy atom. The molecule has 0 aliphatic carbocycles. The zero-order chi connectivity index (χ0) is 16.1. The molecule has 3 N–H and O–H groups in total. The highest BCUT2D eigenvalue weighted by Crippen LogP contribution is 2.23. The number of aromatic nitrogens is 2. The molecule has 0 saturated carbocycles. The van der Waals surface area contributed by atoms with Gasteiger partial charge in [0, 0.05) is 17.6 Å². The van der Waals surface area contributed by atoms with E-state index in [1.807, 2.05) is 36.4 Å². The Morgan fingerprint density at radius 2 is 1.78 bits per heavy atom. The zero-order valence-electron chi connectivity index (χ0n) is 13.1. The van der Waals surface area contributed by atoms with E-state index < -0.39 is 0 Å². The molecule has 5 heteroatoms. The van der Waals surface area contributed by atoms with Gasteiger partial charge in [-0.1, -0.05) is 31.2 Å². The minimum Gasteiger partial charge on any atom is -0.395 e. The quantitative estimate of drug-likeness (QED) is 0.651. The fourth-order valence-corrected chi connectivity index (χ4v) is 2.39. The normalized spacial score (nSPS) is 10.7. The van der Waals surface area contributed by atoms with Gasteiger partial charge in [0.05, 0.1) is 12.1 Å². The molecule has 3 rings (SSSR count). The van der Waals surface area contributed by atoms with Crippen molar-refractivity contribution in [3.05, 3.63) is 54.1 Å². The molecule has 0 spiro atoms. The van der Waals surface area contributed by atoms with Crippen LogP contribution in [0.4, 0.5) is 17.5 Å². The first kappa shape index (κ1) is 15.2. The van der Waals surface area contributed by atoms with Gasteiger partial charge in [0.15, 0.2) is 0 Å². The lowest BCUT2D eigenvalue weighted by Crippen LogP contribution is -2.09. The van der Waals surface area contributed by atoms with Gasteiger partial charge >= 0.3 is 0 Å². The molecule has 5 nitrogen and oxygen atoms in total. The fraction of sp³-hybridized carbons (Fsp3) is 0.222. The summed E-state index contributed by atoms with van der Waals surface area (Å²) in [7, 11) is 0. The summed E-state index contributed by atoms with van der Waals surface area (Å²) >= 11 is 0. The van der Waals surface area contributed by atoms with Crippen LogP contribution in [0.2, 0.25) is 0 Å². The van der Waals surface area contributed by atoms with Gasteiger partial charge in [-0.2, -0.15) is 4.98 Å². The van der Waals surface area contributed by atoms with Gasteiger partial charge in [0.2, 0.25) is 5.95 Å². The van der Waals surface area contributed by atoms with Crippen LogP contribution in [-0.4, -0.2) is 28.2 Å². The summed E-state index contributed by atoms with van der Waals surface area (Å²) in [6.07, 6.45) is 1.02. The smallest absolute Gasteiger partial charge is 0.229 e. The minimum absolute atomic E-state index is 0.0551. The second-order valence-corrected chi connectivity index (χ2v) is 5.24. The summed E-state index contributed by atoms with van der Waals surface area (Å²) in [6, 6.07) is 16.1. The number of aryl methyl sites for hydroxylation is 1. The van der Waals surface area contributed by atoms with Gasteiger partial charge < -0.3 is 15.7 Å². The van der Waals surface area contributed by atoms with Crippen molar-refractivity contribution >= 4 is 28.4 Å². The maximum atomic E-state index is 9.03. The monoisotopic (exact) mass is 308 g/mol. The average Bonchev–Trinajstić information content (AvgIpc) is 2.60. The van der Waals surface area contributed by atoms with Crippen molar-refractivity contribution in [1.82, 2.24) is 9.97 Å². The third-order valence-electron chi connectivity index (χ3n) is 3.63. The van der Waals surface area contributed by atoms with Crippen LogP contribution in [0.15, 0.2) is 48.5 Å². The molecule has 0 radical (unpaired) electrons. The molecule has 0 bridgehead atoms. The maximum Gasteiger partial charge on any atom is 0.229 e. The van der Waals surface area contributed by atoms with Crippen molar-refractivity contribution in [3.63, 3.8) is 0 Å². The predicted octanol–water partition coefficient (Wildman–Crippen LogP) is 3.34. The number of nitrogens with one attached hydrogen (secondary N) is 2. The Bertz CT molecular complexity index is 787. The molecule has 1 heterocycles. The maximum absolute atomic E-state index is 9.03. The van der Waals surface area contributed by atoms with Gasteiger partial charge in [0.1, 0.15) is 5.82 Å². The number of hydrogen-bond donors (Lipinski definition) is 3. The number of fused-ring (bicyclic) bond motifs is 1. The van der Waals surface area contributed by atoms with Crippen molar-refractivity contribution < 1.29 is 5.11 Å². The van der Waals surface area contributed by atoms with E-state index in [1.165, 1.54) is 5.56 Å². The molecular formula is C18H20N4O. The molecule has 0 aliphatic rings. The van der Waals surface area contributed by atoms with Crippen LogP contribution in [0.1, 0.15) is 12.5 Å². The summed E-state index contributed by atoms with van der Waals surface area (Å²) in [4.78, 5) is 9.09. The first-order valence-electron chi connectivity index (χ1n) is 7.77. The number of nitrogens with zero attached hydrogens (tertiary/aromatic N) is 2. The van der Waals surface area contributed by atoms with E-state index in [9.17, 15) is 0 Å². The highest BCUT2D eigenvalue weighted by atomic mass is 16.3. The van der Waals surface area contributed by atoms with Crippen LogP contribution in [0, 0.1) is 0 Å². The number of aliphatic hydroxyl groups is 1. The minimum atomic E-state index is 0.0551. The molecule has 0 atom stereocenters. The van der Waals surface area contributed by atoms with E-state index in [0.29, 0.717) is 12.5 Å². The van der Waals surface area contributed by atoms with Crippen LogP contribution in [0.5, 0.6) is 0 Å². The van der Waals surface area contributed by atoms with E-state index in [4.69, 9.17) is 5.11 Å². The average molecular weight is 308 g/mol. The highest BCUT2D eigenvalue weighted by Gasteiger charge is 2.07. The SMILES string of the molecule is CCc1ccc(Nc2nc(NCCO)c3ccccc3n2)cc1. The molecule has 0 fully saturated rings. The van der Waals surface area contributed by atoms with Crippen molar-refractivity contribution in [2.45, 2.75) is 13.3 Å². The van der Waals surface area contributed by atoms with Gasteiger partial charge in [-0.3, -0.25) is 0 Å². The third-order valence-corrected chi connectivity index (χ3v) is 3.63. The van der Waals surface area contributed by atoms with Crippen molar-refractivity contribution in [2.75, 3.05) is 23.8 Å². The number of hydrogen-bond acceptors (Lipinski definition) is 5. The van der Waals surface area contributed by atoms with Crippen molar-refractivity contribution in [3.8, 4) is 0 Å². The van der Waals surface area contributed by atoms with E-state index >= 15 is 0 Å². The number of rotatable bonds is 6. The topological polar surface area (TPSA) is 70.1 Å². The van der Waals surface area contributed by atoms with Gasteiger partial charge in [-0.25, -0.2) is 4.98 Å². The van der Waals surface area contributed by atoms with Crippen molar-refractivity contribution in [1.29, 1.82) is 0 Å². The molecule has 0 unspecified atom stereocenters. The Morgan fingerprint density at radius 1 is 1.00 bits per heavy atom. The first-order chi connectivity index (χ1) is 11.3. The molecule has 0 aliphatic heterocycles. The first-order valence-corrected chi connectivity index (χ1v) is 7.77. The highest BCUT2D eigenvalue weighted by molar-refractivity contribution is 5.90. The molecular weight excluding hydrogens is 288 g/mol. The van der Waals surface area contributed by atoms with E-state index in [0.717, 1.165) is 28.8 Å². The predicted molar refractivity (Wildman–Crippen MR) is 94.2 cm³/mol. The Hall–Kier alpha value is -2.66. The summed E-state index contributed by atoms with van der Waals surface area (Å²) in [5.41, 5.74) is 3.10. The lowest BCUT2D eigenvalue weighted by Gasteiger charge is -2.11. The van der Waals surface area contributed by atoms with Crippen LogP contribution in [0.25, 0.3) is 10.9 Å². The molecule has 0 amide bonds. The number of anilines is 3. The van der Waals surface area contributed by atoms with Gasteiger partial charge in [-0.15, -0.1) is 0 Å². The van der Waals surface area contributed by atoms with Gasteiger partial charge in [0.25, 0.3) is 0 Å². The summed E-state index contributed by atoms with van der Waals surface area (Å²) in [5, 5.41) is 16.3. The largest absolute Gasteiger partial charge is 0.395 e. The second-order valence-electron chi connectivity index (χ2n) is 5.24. The van der Waals surface area contributed by atoms with Crippen molar-refractivity contribution in [2.24, 2.45) is 0 Å². The Labute approximate surface area is 135 Å². The molecule has 0 saturated heterocycles. The number of para-hydroxylation sites is 1. The van der Waals surface area contributed by atoms with Crippen LogP contribution in [-0.2, 0) is 6.42 Å². The molecule has 118 valence electrons. The second kappa shape index (κ2) is 7.07. The summed E-state index contributed by atoms with van der Waals surface area (Å²) in [5.74, 6) is 1.26. The molecule has 3 aromatic rings. The molecule has 2 aromatic carbocycles. The Balaban J connectivity index is 1.93. The molecule has 23 heavy (non-hydrogen) atoms. The van der Waals surface area contributed by atoms with Gasteiger partial charge in [-0.05, 0) is 36.2 Å². The molecule has 1 aromatic heterocycles. The third kappa shape index (κ3) is 3.57. The van der Waals surface area contributed by atoms with Crippen LogP contribution < -0.4 is 10.6 Å². The van der Waals surface area contributed by atoms with Crippen LogP contribution >= 0.6 is 0 Å². The van der Waals surface area contributed by atoms with E-state index in [-0.39, 0.29) is 6.61 Å². The van der Waals surface area contributed by atoms with E-state index in [1.54, 1.807) is 0 Å².